The second-order valence-corrected chi connectivity index (χ2v) is 7.30. The molecule has 0 radical (unpaired) electrons. The van der Waals surface area contributed by atoms with Gasteiger partial charge in [0.1, 0.15) is 6.10 Å². The van der Waals surface area contributed by atoms with Crippen LogP contribution in [0, 0.1) is 11.8 Å². The van der Waals surface area contributed by atoms with Crippen molar-refractivity contribution in [2.24, 2.45) is 11.8 Å². The van der Waals surface area contributed by atoms with Crippen molar-refractivity contribution < 1.29 is 28.5 Å². The summed E-state index contributed by atoms with van der Waals surface area (Å²) >= 11 is 0. The van der Waals surface area contributed by atoms with Gasteiger partial charge < -0.3 is 19.7 Å². The van der Waals surface area contributed by atoms with Crippen LogP contribution in [0.3, 0.4) is 0 Å². The molecule has 0 bridgehead atoms. The molecular formula is C19H32F2O4. The van der Waals surface area contributed by atoms with E-state index >= 15 is 0 Å². The molecular weight excluding hydrogens is 330 g/mol. The molecule has 1 aliphatic heterocycles. The van der Waals surface area contributed by atoms with Crippen molar-refractivity contribution in [1.82, 2.24) is 0 Å². The summed E-state index contributed by atoms with van der Waals surface area (Å²) in [6.07, 6.45) is 3.92. The molecule has 0 aromatic rings. The number of hydrogen-bond donors (Lipinski definition) is 2. The van der Waals surface area contributed by atoms with E-state index in [0.717, 1.165) is 12.8 Å². The molecule has 2 unspecified atom stereocenters. The first-order valence-corrected chi connectivity index (χ1v) is 9.58. The van der Waals surface area contributed by atoms with E-state index in [2.05, 4.69) is 6.92 Å². The standard InChI is InChI=1S/C19H32F2O4/c1-3-5-9-19(20,21)17(22)8-7-13-14-11-18(23)25-16(14)12-15(13)24-10-6-4-2/h7-8,13-18,22-23H,3-6,9-12H2,1-2H3/b8-7+/t13-,14-,15-,16+,17?,18?/m1/s1. The Morgan fingerprint density at radius 2 is 1.96 bits per heavy atom. The molecule has 2 fully saturated rings. The van der Waals surface area contributed by atoms with Gasteiger partial charge in [-0.3, -0.25) is 0 Å². The third-order valence-electron chi connectivity index (χ3n) is 5.31. The number of rotatable bonds is 10. The van der Waals surface area contributed by atoms with Crippen LogP contribution in [0.5, 0.6) is 0 Å². The Morgan fingerprint density at radius 1 is 1.24 bits per heavy atom. The van der Waals surface area contributed by atoms with Crippen molar-refractivity contribution in [3.8, 4) is 0 Å². The fourth-order valence-electron chi connectivity index (χ4n) is 3.80. The number of fused-ring (bicyclic) bond motifs is 1. The van der Waals surface area contributed by atoms with Crippen molar-refractivity contribution >= 4 is 0 Å². The lowest BCUT2D eigenvalue weighted by atomic mass is 9.90. The Hall–Kier alpha value is -0.560. The molecule has 1 saturated heterocycles. The number of alkyl halides is 2. The Bertz CT molecular complexity index is 430. The Kier molecular flexibility index (Phi) is 7.80. The summed E-state index contributed by atoms with van der Waals surface area (Å²) < 4.78 is 39.4. The number of aliphatic hydroxyl groups is 2. The van der Waals surface area contributed by atoms with Gasteiger partial charge in [0.25, 0.3) is 5.92 Å². The number of aliphatic hydroxyl groups excluding tert-OH is 2. The van der Waals surface area contributed by atoms with Crippen LogP contribution in [0.25, 0.3) is 0 Å². The Labute approximate surface area is 149 Å². The van der Waals surface area contributed by atoms with Crippen molar-refractivity contribution in [3.63, 3.8) is 0 Å². The molecule has 2 N–H and O–H groups in total. The van der Waals surface area contributed by atoms with Crippen LogP contribution in [0.4, 0.5) is 8.78 Å². The number of halogens is 2. The molecule has 25 heavy (non-hydrogen) atoms. The smallest absolute Gasteiger partial charge is 0.276 e. The van der Waals surface area contributed by atoms with Gasteiger partial charge in [0.15, 0.2) is 6.29 Å². The molecule has 2 rings (SSSR count). The minimum absolute atomic E-state index is 0.0503. The largest absolute Gasteiger partial charge is 0.383 e. The number of unbranched alkanes of at least 4 members (excludes halogenated alkanes) is 2. The van der Waals surface area contributed by atoms with Gasteiger partial charge in [0.2, 0.25) is 0 Å². The summed E-state index contributed by atoms with van der Waals surface area (Å²) in [6.45, 7) is 4.56. The van der Waals surface area contributed by atoms with E-state index in [0.29, 0.717) is 32.3 Å². The monoisotopic (exact) mass is 362 g/mol. The number of ether oxygens (including phenoxy) is 2. The highest BCUT2D eigenvalue weighted by Gasteiger charge is 2.49. The highest BCUT2D eigenvalue weighted by Crippen LogP contribution is 2.45. The van der Waals surface area contributed by atoms with E-state index in [1.165, 1.54) is 6.08 Å². The van der Waals surface area contributed by atoms with Crippen LogP contribution in [-0.4, -0.2) is 47.3 Å². The third kappa shape index (κ3) is 5.46. The first kappa shape index (κ1) is 20.7. The summed E-state index contributed by atoms with van der Waals surface area (Å²) in [7, 11) is 0. The molecule has 0 amide bonds. The van der Waals surface area contributed by atoms with Crippen molar-refractivity contribution in [2.75, 3.05) is 6.61 Å². The maximum Gasteiger partial charge on any atom is 0.276 e. The van der Waals surface area contributed by atoms with Crippen LogP contribution >= 0.6 is 0 Å². The number of hydrogen-bond acceptors (Lipinski definition) is 4. The van der Waals surface area contributed by atoms with Crippen LogP contribution in [-0.2, 0) is 9.47 Å². The fourth-order valence-corrected chi connectivity index (χ4v) is 3.80. The van der Waals surface area contributed by atoms with Gasteiger partial charge in [-0.25, -0.2) is 8.78 Å². The molecule has 0 aromatic heterocycles. The SMILES string of the molecule is CCCCO[C@@H]1C[C@@H]2OC(O)C[C@@H]2[C@H]1/C=C/C(O)C(F)(F)CCCC. The lowest BCUT2D eigenvalue weighted by Gasteiger charge is -2.23. The minimum Gasteiger partial charge on any atom is -0.383 e. The lowest BCUT2D eigenvalue weighted by Crippen LogP contribution is -2.32. The molecule has 1 aliphatic carbocycles. The van der Waals surface area contributed by atoms with Gasteiger partial charge in [0, 0.05) is 31.8 Å². The van der Waals surface area contributed by atoms with Crippen molar-refractivity contribution in [3.05, 3.63) is 12.2 Å². The molecule has 6 atom stereocenters. The molecule has 0 aromatic carbocycles. The zero-order valence-electron chi connectivity index (χ0n) is 15.2. The van der Waals surface area contributed by atoms with Crippen LogP contribution in [0.2, 0.25) is 0 Å². The molecule has 2 aliphatic rings. The van der Waals surface area contributed by atoms with Crippen LogP contribution < -0.4 is 0 Å². The second-order valence-electron chi connectivity index (χ2n) is 7.30. The van der Waals surface area contributed by atoms with Gasteiger partial charge in [-0.1, -0.05) is 38.8 Å². The van der Waals surface area contributed by atoms with Gasteiger partial charge in [0.05, 0.1) is 12.2 Å². The van der Waals surface area contributed by atoms with Crippen LogP contribution in [0.1, 0.15) is 58.8 Å². The lowest BCUT2D eigenvalue weighted by molar-refractivity contribution is -0.0984. The maximum atomic E-state index is 14.0. The summed E-state index contributed by atoms with van der Waals surface area (Å²) in [5.41, 5.74) is 0. The second kappa shape index (κ2) is 9.40. The molecule has 0 spiro atoms. The zero-order chi connectivity index (χ0) is 18.4. The predicted octanol–water partition coefficient (Wildman–Crippen LogP) is 3.66. The topological polar surface area (TPSA) is 58.9 Å². The van der Waals surface area contributed by atoms with E-state index in [4.69, 9.17) is 9.47 Å². The highest BCUT2D eigenvalue weighted by molar-refractivity contribution is 5.08. The van der Waals surface area contributed by atoms with Gasteiger partial charge in [-0.2, -0.15) is 0 Å². The normalized spacial score (nSPS) is 33.9. The van der Waals surface area contributed by atoms with Crippen molar-refractivity contribution in [2.45, 2.75) is 89.3 Å². The summed E-state index contributed by atoms with van der Waals surface area (Å²) in [6, 6.07) is 0. The summed E-state index contributed by atoms with van der Waals surface area (Å²) in [4.78, 5) is 0. The van der Waals surface area contributed by atoms with Gasteiger partial charge >= 0.3 is 0 Å². The van der Waals surface area contributed by atoms with E-state index in [9.17, 15) is 19.0 Å². The quantitative estimate of drug-likeness (QED) is 0.460. The molecule has 1 saturated carbocycles. The fraction of sp³-hybridized carbons (Fsp3) is 0.895. The first-order chi connectivity index (χ1) is 11.9. The molecule has 1 heterocycles. The summed E-state index contributed by atoms with van der Waals surface area (Å²) in [5, 5.41) is 19.6. The Morgan fingerprint density at radius 3 is 2.64 bits per heavy atom. The van der Waals surface area contributed by atoms with Gasteiger partial charge in [-0.05, 0) is 18.8 Å². The molecule has 146 valence electrons. The van der Waals surface area contributed by atoms with Crippen molar-refractivity contribution in [1.29, 1.82) is 0 Å². The third-order valence-corrected chi connectivity index (χ3v) is 5.31. The van der Waals surface area contributed by atoms with Gasteiger partial charge in [-0.15, -0.1) is 0 Å². The maximum absolute atomic E-state index is 14.0. The average Bonchev–Trinajstić information content (AvgIpc) is 3.07. The molecule has 6 heteroatoms. The Balaban J connectivity index is 2.01. The van der Waals surface area contributed by atoms with E-state index in [1.54, 1.807) is 6.08 Å². The average molecular weight is 362 g/mol. The van der Waals surface area contributed by atoms with E-state index in [1.807, 2.05) is 6.92 Å². The minimum atomic E-state index is -3.12. The van der Waals surface area contributed by atoms with Crippen LogP contribution in [0.15, 0.2) is 12.2 Å². The predicted molar refractivity (Wildman–Crippen MR) is 91.4 cm³/mol. The first-order valence-electron chi connectivity index (χ1n) is 9.58. The van der Waals surface area contributed by atoms with E-state index in [-0.39, 0.29) is 30.5 Å². The zero-order valence-corrected chi connectivity index (χ0v) is 15.2. The summed E-state index contributed by atoms with van der Waals surface area (Å²) in [5.74, 6) is -3.18. The van der Waals surface area contributed by atoms with E-state index < -0.39 is 18.3 Å². The molecule has 4 nitrogen and oxygen atoms in total. The highest BCUT2D eigenvalue weighted by atomic mass is 19.3.